The summed E-state index contributed by atoms with van der Waals surface area (Å²) in [5.41, 5.74) is 0. The number of hydrogen-bond acceptors (Lipinski definition) is 1. The number of hydrogen-bond donors (Lipinski definition) is 0. The second kappa shape index (κ2) is 12.5. The molecule has 0 saturated carbocycles. The van der Waals surface area contributed by atoms with Gasteiger partial charge in [-0.2, -0.15) is 0 Å². The lowest BCUT2D eigenvalue weighted by atomic mass is 10.1. The summed E-state index contributed by atoms with van der Waals surface area (Å²) in [6, 6.07) is 0. The lowest BCUT2D eigenvalue weighted by Crippen LogP contribution is -1.97. The van der Waals surface area contributed by atoms with Crippen LogP contribution in [-0.2, 0) is 4.79 Å². The maximum atomic E-state index is 11.4. The first kappa shape index (κ1) is 15.4. The van der Waals surface area contributed by atoms with Crippen molar-refractivity contribution in [2.24, 2.45) is 0 Å². The lowest BCUT2D eigenvalue weighted by Gasteiger charge is -2.00. The molecule has 0 amide bonds. The van der Waals surface area contributed by atoms with Crippen LogP contribution >= 0.6 is 0 Å². The molecule has 0 aromatic heterocycles. The van der Waals surface area contributed by atoms with Crippen molar-refractivity contribution in [2.75, 3.05) is 0 Å². The average molecular weight is 224 g/mol. The maximum absolute atomic E-state index is 11.4. The number of unbranched alkanes of at least 4 members (excludes halogenated alkanes) is 5. The molecule has 0 fully saturated rings. The van der Waals surface area contributed by atoms with Gasteiger partial charge in [0.05, 0.1) is 0 Å². The molecule has 16 heavy (non-hydrogen) atoms. The van der Waals surface area contributed by atoms with Crippen LogP contribution in [0.25, 0.3) is 0 Å². The molecule has 0 bridgehead atoms. The summed E-state index contributed by atoms with van der Waals surface area (Å²) in [6.07, 6.45) is 15.4. The first-order chi connectivity index (χ1) is 7.81. The average Bonchev–Trinajstić information content (AvgIpc) is 2.28. The number of carbonyl (C=O) groups is 1. The Bertz CT molecular complexity index is 182. The smallest absolute Gasteiger partial charge is 0.132 e. The van der Waals surface area contributed by atoms with Crippen molar-refractivity contribution in [3.8, 4) is 0 Å². The van der Waals surface area contributed by atoms with Crippen LogP contribution in [0.1, 0.15) is 78.1 Å². The van der Waals surface area contributed by atoms with Gasteiger partial charge in [-0.3, -0.25) is 4.79 Å². The van der Waals surface area contributed by atoms with Crippen molar-refractivity contribution in [3.05, 3.63) is 12.2 Å². The van der Waals surface area contributed by atoms with E-state index in [9.17, 15) is 4.79 Å². The van der Waals surface area contributed by atoms with Gasteiger partial charge in [-0.1, -0.05) is 45.3 Å². The molecule has 0 atom stereocenters. The molecular formula is C15H28O. The van der Waals surface area contributed by atoms with Crippen LogP contribution in [0.3, 0.4) is 0 Å². The van der Waals surface area contributed by atoms with Gasteiger partial charge in [-0.05, 0) is 32.1 Å². The van der Waals surface area contributed by atoms with Crippen LogP contribution in [0, 0.1) is 0 Å². The Morgan fingerprint density at radius 2 is 1.56 bits per heavy atom. The lowest BCUT2D eigenvalue weighted by molar-refractivity contribution is -0.119. The molecule has 1 heteroatoms. The number of carbonyl (C=O) groups excluding carboxylic acids is 1. The van der Waals surface area contributed by atoms with Gasteiger partial charge in [-0.25, -0.2) is 0 Å². The molecule has 0 heterocycles. The summed E-state index contributed by atoms with van der Waals surface area (Å²) in [4.78, 5) is 11.4. The van der Waals surface area contributed by atoms with E-state index < -0.39 is 0 Å². The molecule has 0 N–H and O–H groups in total. The van der Waals surface area contributed by atoms with Gasteiger partial charge in [0.15, 0.2) is 0 Å². The Morgan fingerprint density at radius 3 is 2.19 bits per heavy atom. The van der Waals surface area contributed by atoms with E-state index in [-0.39, 0.29) is 0 Å². The Morgan fingerprint density at radius 1 is 0.875 bits per heavy atom. The van der Waals surface area contributed by atoms with E-state index in [1.165, 1.54) is 32.1 Å². The van der Waals surface area contributed by atoms with Crippen molar-refractivity contribution in [3.63, 3.8) is 0 Å². The van der Waals surface area contributed by atoms with E-state index in [4.69, 9.17) is 0 Å². The monoisotopic (exact) mass is 224 g/mol. The molecule has 94 valence electrons. The Kier molecular flexibility index (Phi) is 12.0. The summed E-state index contributed by atoms with van der Waals surface area (Å²) in [7, 11) is 0. The molecule has 0 rings (SSSR count). The zero-order valence-electron chi connectivity index (χ0n) is 11.1. The topological polar surface area (TPSA) is 17.1 Å². The maximum Gasteiger partial charge on any atom is 0.132 e. The molecule has 0 saturated heterocycles. The SMILES string of the molecule is CC/C=C/CCCCCC(=O)CCCCC. The Balaban J connectivity index is 3.18. The molecule has 0 aromatic carbocycles. The predicted octanol–water partition coefficient (Wildman–Crippen LogP) is 5.05. The fourth-order valence-corrected chi connectivity index (χ4v) is 1.74. The molecule has 0 aliphatic carbocycles. The quantitative estimate of drug-likeness (QED) is 0.354. The molecule has 0 aromatic rings. The molecule has 0 spiro atoms. The number of ketones is 1. The van der Waals surface area contributed by atoms with E-state index in [1.54, 1.807) is 0 Å². The van der Waals surface area contributed by atoms with Gasteiger partial charge in [-0.15, -0.1) is 0 Å². The van der Waals surface area contributed by atoms with E-state index in [2.05, 4.69) is 26.0 Å². The van der Waals surface area contributed by atoms with E-state index >= 15 is 0 Å². The number of rotatable bonds is 11. The van der Waals surface area contributed by atoms with Crippen LogP contribution in [0.4, 0.5) is 0 Å². The normalized spacial score (nSPS) is 11.1. The summed E-state index contributed by atoms with van der Waals surface area (Å²) < 4.78 is 0. The van der Waals surface area contributed by atoms with E-state index in [1.807, 2.05) is 0 Å². The van der Waals surface area contributed by atoms with Gasteiger partial charge >= 0.3 is 0 Å². The summed E-state index contributed by atoms with van der Waals surface area (Å²) >= 11 is 0. The standard InChI is InChI=1S/C15H28O/c1-3-5-7-8-9-10-12-14-15(16)13-11-6-4-2/h5,7H,3-4,6,8-14H2,1-2H3/b7-5+. The zero-order chi connectivity index (χ0) is 12.1. The Hall–Kier alpha value is -0.590. The molecule has 0 aliphatic rings. The highest BCUT2D eigenvalue weighted by atomic mass is 16.1. The molecule has 0 unspecified atom stereocenters. The third-order valence-corrected chi connectivity index (χ3v) is 2.79. The third-order valence-electron chi connectivity index (χ3n) is 2.79. The van der Waals surface area contributed by atoms with Crippen LogP contribution in [0.5, 0.6) is 0 Å². The van der Waals surface area contributed by atoms with Crippen molar-refractivity contribution in [2.45, 2.75) is 78.1 Å². The highest BCUT2D eigenvalue weighted by Crippen LogP contribution is 2.08. The van der Waals surface area contributed by atoms with Gasteiger partial charge in [0.2, 0.25) is 0 Å². The van der Waals surface area contributed by atoms with Gasteiger partial charge < -0.3 is 0 Å². The molecule has 1 nitrogen and oxygen atoms in total. The second-order valence-electron chi connectivity index (χ2n) is 4.47. The van der Waals surface area contributed by atoms with Crippen LogP contribution in [0.2, 0.25) is 0 Å². The number of allylic oxidation sites excluding steroid dienone is 2. The summed E-state index contributed by atoms with van der Waals surface area (Å²) in [5.74, 6) is 0.470. The first-order valence-electron chi connectivity index (χ1n) is 6.98. The van der Waals surface area contributed by atoms with E-state index in [0.717, 1.165) is 32.1 Å². The molecule has 0 radical (unpaired) electrons. The van der Waals surface area contributed by atoms with E-state index in [0.29, 0.717) is 5.78 Å². The minimum atomic E-state index is 0.470. The second-order valence-corrected chi connectivity index (χ2v) is 4.47. The fraction of sp³-hybridized carbons (Fsp3) is 0.800. The van der Waals surface area contributed by atoms with Crippen molar-refractivity contribution < 1.29 is 4.79 Å². The van der Waals surface area contributed by atoms with Crippen molar-refractivity contribution in [1.82, 2.24) is 0 Å². The minimum Gasteiger partial charge on any atom is -0.300 e. The summed E-state index contributed by atoms with van der Waals surface area (Å²) in [5, 5.41) is 0. The van der Waals surface area contributed by atoms with Crippen LogP contribution in [0.15, 0.2) is 12.2 Å². The Labute approximate surface area is 101 Å². The molecule has 0 aliphatic heterocycles. The molecular weight excluding hydrogens is 196 g/mol. The van der Waals surface area contributed by atoms with Crippen molar-refractivity contribution >= 4 is 5.78 Å². The largest absolute Gasteiger partial charge is 0.300 e. The highest BCUT2D eigenvalue weighted by Gasteiger charge is 2.00. The van der Waals surface area contributed by atoms with Gasteiger partial charge in [0, 0.05) is 12.8 Å². The van der Waals surface area contributed by atoms with Crippen molar-refractivity contribution in [1.29, 1.82) is 0 Å². The summed E-state index contributed by atoms with van der Waals surface area (Å²) in [6.45, 7) is 4.33. The highest BCUT2D eigenvalue weighted by molar-refractivity contribution is 5.78. The minimum absolute atomic E-state index is 0.470. The first-order valence-corrected chi connectivity index (χ1v) is 6.98. The third kappa shape index (κ3) is 11.5. The predicted molar refractivity (Wildman–Crippen MR) is 71.7 cm³/mol. The van der Waals surface area contributed by atoms with Crippen LogP contribution in [-0.4, -0.2) is 5.78 Å². The van der Waals surface area contributed by atoms with Gasteiger partial charge in [0.1, 0.15) is 5.78 Å². The van der Waals surface area contributed by atoms with Gasteiger partial charge in [0.25, 0.3) is 0 Å². The fourth-order valence-electron chi connectivity index (χ4n) is 1.74. The zero-order valence-corrected chi connectivity index (χ0v) is 11.1. The number of Topliss-reactive ketones (excluding diaryl/α,β-unsaturated/α-hetero) is 1. The van der Waals surface area contributed by atoms with Crippen LogP contribution < -0.4 is 0 Å².